The van der Waals surface area contributed by atoms with Crippen LogP contribution in [0.4, 0.5) is 20.2 Å². The summed E-state index contributed by atoms with van der Waals surface area (Å²) in [6, 6.07) is 10.8. The molecule has 1 fully saturated rings. The first-order chi connectivity index (χ1) is 20.8. The zero-order valence-electron chi connectivity index (χ0n) is 22.4. The Kier molecular flexibility index (Phi) is 7.72. The molecule has 0 saturated heterocycles. The number of halogens is 3. The third-order valence-electron chi connectivity index (χ3n) is 6.94. The normalized spacial score (nSPS) is 13.4. The molecule has 218 valence electrons. The minimum atomic E-state index is -1.28. The van der Waals surface area contributed by atoms with Crippen molar-refractivity contribution < 1.29 is 27.8 Å². The van der Waals surface area contributed by atoms with Gasteiger partial charge in [0.25, 0.3) is 0 Å². The molecule has 13 heteroatoms. The molecule has 0 unspecified atom stereocenters. The van der Waals surface area contributed by atoms with Crippen molar-refractivity contribution >= 4 is 50.0 Å². The molecule has 3 aromatic heterocycles. The number of rotatable bonds is 10. The van der Waals surface area contributed by atoms with E-state index < -0.39 is 28.9 Å². The molecule has 0 atom stereocenters. The van der Waals surface area contributed by atoms with Crippen molar-refractivity contribution in [2.45, 2.75) is 19.4 Å². The van der Waals surface area contributed by atoms with Gasteiger partial charge in [-0.3, -0.25) is 14.6 Å². The summed E-state index contributed by atoms with van der Waals surface area (Å²) in [4.78, 5) is 38.5. The first-order valence-electron chi connectivity index (χ1n) is 13.2. The van der Waals surface area contributed by atoms with Crippen molar-refractivity contribution in [2.24, 2.45) is 5.41 Å². The quantitative estimate of drug-likeness (QED) is 0.176. The fourth-order valence-corrected chi connectivity index (χ4v) is 4.92. The number of pyridine rings is 2. The minimum Gasteiger partial charge on any atom is -0.475 e. The molecule has 0 radical (unpaired) electrons. The van der Waals surface area contributed by atoms with E-state index in [1.54, 1.807) is 18.6 Å². The van der Waals surface area contributed by atoms with Gasteiger partial charge >= 0.3 is 0 Å². The van der Waals surface area contributed by atoms with Crippen LogP contribution in [0.5, 0.6) is 17.4 Å². The summed E-state index contributed by atoms with van der Waals surface area (Å²) in [6.07, 6.45) is 8.94. The molecule has 1 aliphatic carbocycles. The number of ether oxygens (including phenoxy) is 2. The van der Waals surface area contributed by atoms with Crippen molar-refractivity contribution in [2.75, 3.05) is 17.2 Å². The molecule has 0 bridgehead atoms. The van der Waals surface area contributed by atoms with Crippen molar-refractivity contribution in [1.82, 2.24) is 19.5 Å². The van der Waals surface area contributed by atoms with Crippen molar-refractivity contribution in [3.8, 4) is 17.4 Å². The molecule has 0 spiro atoms. The Balaban J connectivity index is 1.12. The van der Waals surface area contributed by atoms with Crippen LogP contribution < -0.4 is 20.1 Å². The highest BCUT2D eigenvalue weighted by Crippen LogP contribution is 2.47. The Labute approximate surface area is 252 Å². The number of amides is 2. The highest BCUT2D eigenvalue weighted by atomic mass is 79.9. The van der Waals surface area contributed by atoms with Gasteiger partial charge in [-0.1, -0.05) is 0 Å². The van der Waals surface area contributed by atoms with E-state index in [-0.39, 0.29) is 11.4 Å². The summed E-state index contributed by atoms with van der Waals surface area (Å²) in [5.74, 6) is -1.65. The Morgan fingerprint density at radius 2 is 1.70 bits per heavy atom. The number of nitrogens with zero attached hydrogens (tertiary/aromatic N) is 4. The fraction of sp³-hybridized carbons (Fsp3) is 0.167. The lowest BCUT2D eigenvalue weighted by molar-refractivity contribution is -0.131. The number of aromatic nitrogens is 4. The monoisotopic (exact) mass is 648 g/mol. The average molecular weight is 649 g/mol. The van der Waals surface area contributed by atoms with Crippen LogP contribution >= 0.6 is 15.9 Å². The maximum atomic E-state index is 15.1. The third kappa shape index (κ3) is 6.02. The Morgan fingerprint density at radius 3 is 2.40 bits per heavy atom. The molecule has 1 saturated carbocycles. The average Bonchev–Trinajstić information content (AvgIpc) is 3.66. The predicted molar refractivity (Wildman–Crippen MR) is 157 cm³/mol. The number of fused-ring (bicyclic) bond motifs is 1. The molecule has 2 aromatic carbocycles. The van der Waals surface area contributed by atoms with Gasteiger partial charge in [0.15, 0.2) is 11.6 Å². The van der Waals surface area contributed by atoms with Gasteiger partial charge in [-0.2, -0.15) is 0 Å². The van der Waals surface area contributed by atoms with Crippen LogP contribution in [0.2, 0.25) is 0 Å². The molecule has 0 aliphatic heterocycles. The van der Waals surface area contributed by atoms with Crippen LogP contribution in [0.25, 0.3) is 10.9 Å². The summed E-state index contributed by atoms with van der Waals surface area (Å²) in [7, 11) is 0. The molecule has 5 aromatic rings. The van der Waals surface area contributed by atoms with Crippen molar-refractivity contribution in [3.63, 3.8) is 0 Å². The summed E-state index contributed by atoms with van der Waals surface area (Å²) in [6.45, 7) is 0.945. The highest BCUT2D eigenvalue weighted by Gasteiger charge is 2.56. The second-order valence-electron chi connectivity index (χ2n) is 9.84. The van der Waals surface area contributed by atoms with Crippen LogP contribution in [0.1, 0.15) is 12.8 Å². The molecule has 10 nitrogen and oxygen atoms in total. The van der Waals surface area contributed by atoms with Crippen LogP contribution in [0, 0.1) is 17.0 Å². The van der Waals surface area contributed by atoms with E-state index in [1.807, 2.05) is 10.8 Å². The van der Waals surface area contributed by atoms with Gasteiger partial charge in [-0.15, -0.1) is 0 Å². The van der Waals surface area contributed by atoms with E-state index in [4.69, 9.17) is 9.47 Å². The Bertz CT molecular complexity index is 1810. The van der Waals surface area contributed by atoms with Gasteiger partial charge in [-0.05, 0) is 71.2 Å². The van der Waals surface area contributed by atoms with Crippen molar-refractivity contribution in [3.05, 3.63) is 95.8 Å². The van der Waals surface area contributed by atoms with Gasteiger partial charge in [0.1, 0.15) is 28.1 Å². The number of carbonyl (C=O) groups is 2. The SMILES string of the molecule is O=C(Nc1ccc(F)cc1)C1(C(=O)Nc2ccc(Oc3ccnc4c(Br)c(OCCn5ccnc5)ncc34)c(F)c2)CC1. The number of hydrogen-bond donors (Lipinski definition) is 2. The topological polar surface area (TPSA) is 120 Å². The molecule has 3 heterocycles. The van der Waals surface area contributed by atoms with Crippen LogP contribution in [-0.2, 0) is 16.1 Å². The van der Waals surface area contributed by atoms with Crippen LogP contribution in [0.15, 0.2) is 84.1 Å². The number of imidazole rings is 1. The molecule has 6 rings (SSSR count). The summed E-state index contributed by atoms with van der Waals surface area (Å²) >= 11 is 3.50. The summed E-state index contributed by atoms with van der Waals surface area (Å²) < 4.78 is 42.4. The van der Waals surface area contributed by atoms with Crippen LogP contribution in [0.3, 0.4) is 0 Å². The number of nitrogens with one attached hydrogen (secondary N) is 2. The van der Waals surface area contributed by atoms with Crippen molar-refractivity contribution in [1.29, 1.82) is 0 Å². The smallest absolute Gasteiger partial charge is 0.240 e. The zero-order chi connectivity index (χ0) is 30.0. The zero-order valence-corrected chi connectivity index (χ0v) is 24.0. The van der Waals surface area contributed by atoms with E-state index in [0.29, 0.717) is 58.7 Å². The Morgan fingerprint density at radius 1 is 0.953 bits per heavy atom. The maximum Gasteiger partial charge on any atom is 0.240 e. The lowest BCUT2D eigenvalue weighted by atomic mass is 10.0. The lowest BCUT2D eigenvalue weighted by Crippen LogP contribution is -2.35. The summed E-state index contributed by atoms with van der Waals surface area (Å²) in [5, 5.41) is 5.78. The third-order valence-corrected chi connectivity index (χ3v) is 7.65. The molecule has 1 aliphatic rings. The molecule has 43 heavy (non-hydrogen) atoms. The first-order valence-corrected chi connectivity index (χ1v) is 14.0. The van der Waals surface area contributed by atoms with Gasteiger partial charge < -0.3 is 24.7 Å². The molecule has 2 amide bonds. The van der Waals surface area contributed by atoms with Gasteiger partial charge in [0.05, 0.1) is 23.8 Å². The van der Waals surface area contributed by atoms with Gasteiger partial charge in [0.2, 0.25) is 17.7 Å². The van der Waals surface area contributed by atoms with E-state index in [2.05, 4.69) is 41.5 Å². The van der Waals surface area contributed by atoms with Gasteiger partial charge in [0, 0.05) is 42.2 Å². The molecule has 2 N–H and O–H groups in total. The Hall–Kier alpha value is -4.91. The maximum absolute atomic E-state index is 15.1. The second-order valence-corrected chi connectivity index (χ2v) is 10.6. The number of anilines is 2. The van der Waals surface area contributed by atoms with E-state index >= 15 is 4.39 Å². The second kappa shape index (κ2) is 11.8. The van der Waals surface area contributed by atoms with E-state index in [1.165, 1.54) is 48.8 Å². The lowest BCUT2D eigenvalue weighted by Gasteiger charge is -2.16. The summed E-state index contributed by atoms with van der Waals surface area (Å²) in [5.41, 5.74) is -0.225. The number of benzene rings is 2. The van der Waals surface area contributed by atoms with Gasteiger partial charge in [-0.25, -0.2) is 18.7 Å². The van der Waals surface area contributed by atoms with Crippen LogP contribution in [-0.4, -0.2) is 37.9 Å². The standard InChI is InChI=1S/C30H23BrF2N6O4/c31-25-26-21(16-36-27(25)42-14-13-39-12-11-34-17-39)23(7-10-35-26)43-24-6-5-20(15-22(24)33)38-29(41)30(8-9-30)28(40)37-19-3-1-18(32)2-4-19/h1-7,10-12,15-17H,8-9,13-14H2,(H,37,40)(H,38,41). The number of hydrogen-bond acceptors (Lipinski definition) is 7. The fourth-order valence-electron chi connectivity index (χ4n) is 4.39. The largest absolute Gasteiger partial charge is 0.475 e. The van der Waals surface area contributed by atoms with E-state index in [9.17, 15) is 14.0 Å². The highest BCUT2D eigenvalue weighted by molar-refractivity contribution is 9.10. The minimum absolute atomic E-state index is 0.0857. The first kappa shape index (κ1) is 28.2. The number of carbonyl (C=O) groups excluding carboxylic acids is 2. The molecular weight excluding hydrogens is 626 g/mol. The molecular formula is C30H23BrF2N6O4. The predicted octanol–water partition coefficient (Wildman–Crippen LogP) is 6.10. The van der Waals surface area contributed by atoms with E-state index in [0.717, 1.165) is 6.07 Å².